The smallest absolute Gasteiger partial charge is 0.159 e. The highest BCUT2D eigenvalue weighted by Crippen LogP contribution is 2.45. The maximum atomic E-state index is 5.22. The number of fused-ring (bicyclic) bond motifs is 12. The van der Waals surface area contributed by atoms with Gasteiger partial charge in [-0.15, -0.1) is 0 Å². The maximum Gasteiger partial charge on any atom is 0.159 e. The number of rotatable bonds is 3. The Labute approximate surface area is 275 Å². The number of nitrogens with zero attached hydrogens (tertiary/aromatic N) is 4. The molecule has 7 aromatic carbocycles. The Morgan fingerprint density at radius 1 is 0.396 bits per heavy atom. The fraction of sp³-hybridized carbons (Fsp3) is 0. The molecule has 0 aliphatic heterocycles. The summed E-state index contributed by atoms with van der Waals surface area (Å²) in [6.45, 7) is 0. The van der Waals surface area contributed by atoms with Gasteiger partial charge in [0.25, 0.3) is 0 Å². The first-order valence-corrected chi connectivity index (χ1v) is 16.4. The molecule has 0 N–H and O–H groups in total. The van der Waals surface area contributed by atoms with Crippen LogP contribution in [0.2, 0.25) is 0 Å². The second kappa shape index (κ2) is 9.50. The maximum absolute atomic E-state index is 5.22. The van der Waals surface area contributed by atoms with Gasteiger partial charge in [-0.1, -0.05) is 133 Å². The van der Waals surface area contributed by atoms with Crippen LogP contribution >= 0.6 is 0 Å². The summed E-state index contributed by atoms with van der Waals surface area (Å²) >= 11 is 0. The van der Waals surface area contributed by atoms with Crippen molar-refractivity contribution in [2.45, 2.75) is 0 Å². The van der Waals surface area contributed by atoms with Gasteiger partial charge in [0.2, 0.25) is 0 Å². The van der Waals surface area contributed by atoms with Crippen LogP contribution in [0.15, 0.2) is 158 Å². The third-order valence-electron chi connectivity index (χ3n) is 10.1. The molecule has 11 aromatic rings. The third kappa shape index (κ3) is 3.33. The first kappa shape index (κ1) is 25.6. The van der Waals surface area contributed by atoms with Crippen molar-refractivity contribution in [1.29, 1.82) is 0 Å². The molecule has 48 heavy (non-hydrogen) atoms. The van der Waals surface area contributed by atoms with Gasteiger partial charge in [-0.3, -0.25) is 0 Å². The molecule has 4 heterocycles. The molecule has 0 amide bonds. The van der Waals surface area contributed by atoms with E-state index in [1.807, 2.05) is 30.5 Å². The van der Waals surface area contributed by atoms with Gasteiger partial charge in [-0.2, -0.15) is 0 Å². The minimum atomic E-state index is 0.713. The summed E-state index contributed by atoms with van der Waals surface area (Å²) in [7, 11) is 0. The summed E-state index contributed by atoms with van der Waals surface area (Å²) in [6, 6.07) is 54.2. The zero-order chi connectivity index (χ0) is 31.3. The molecule has 0 bridgehead atoms. The largest absolute Gasteiger partial charge is 0.307 e. The van der Waals surface area contributed by atoms with Crippen molar-refractivity contribution in [2.75, 3.05) is 0 Å². The Bertz CT molecular complexity index is 3040. The lowest BCUT2D eigenvalue weighted by Crippen LogP contribution is -2.02. The van der Waals surface area contributed by atoms with Gasteiger partial charge < -0.3 is 8.97 Å². The van der Waals surface area contributed by atoms with Crippen LogP contribution in [0, 0.1) is 0 Å². The normalized spacial score (nSPS) is 12.2. The second-order valence-electron chi connectivity index (χ2n) is 12.6. The minimum Gasteiger partial charge on any atom is -0.307 e. The third-order valence-corrected chi connectivity index (χ3v) is 10.1. The lowest BCUT2D eigenvalue weighted by atomic mass is 10.00. The summed E-state index contributed by atoms with van der Waals surface area (Å²) < 4.78 is 4.85. The molecular weight excluding hydrogens is 585 g/mol. The van der Waals surface area contributed by atoms with E-state index in [0.29, 0.717) is 5.82 Å². The van der Waals surface area contributed by atoms with Crippen LogP contribution in [0.1, 0.15) is 0 Å². The van der Waals surface area contributed by atoms with E-state index in [0.717, 1.165) is 33.5 Å². The fourth-order valence-electron chi connectivity index (χ4n) is 8.12. The molecule has 0 radical (unpaired) electrons. The predicted molar refractivity (Wildman–Crippen MR) is 199 cm³/mol. The first-order valence-electron chi connectivity index (χ1n) is 16.4. The summed E-state index contributed by atoms with van der Waals surface area (Å²) in [6.07, 6.45) is 2.00. The average Bonchev–Trinajstić information content (AvgIpc) is 3.80. The van der Waals surface area contributed by atoms with E-state index < -0.39 is 0 Å². The van der Waals surface area contributed by atoms with Crippen molar-refractivity contribution in [3.8, 4) is 28.3 Å². The molecule has 0 atom stereocenters. The standard InChI is InChI=1S/C44H26N4/c1-3-12-27(13-4-1)41-39(26-45-44(46-41)28-14-5-2-6-15-28)47-37-21-10-8-17-35(37)40-30-22-23-34-32-19-11-18-31-29-16-7-9-20-36(29)48(42(31)32)43(34)33(30)24-25-38(40)47/h1-26H. The van der Waals surface area contributed by atoms with E-state index in [4.69, 9.17) is 9.97 Å². The number of hydrogen-bond acceptors (Lipinski definition) is 2. The number of hydrogen-bond donors (Lipinski definition) is 0. The van der Waals surface area contributed by atoms with Gasteiger partial charge in [-0.05, 0) is 23.6 Å². The van der Waals surface area contributed by atoms with Crippen molar-refractivity contribution in [3.05, 3.63) is 158 Å². The van der Waals surface area contributed by atoms with Gasteiger partial charge in [-0.25, -0.2) is 9.97 Å². The van der Waals surface area contributed by atoms with Crippen LogP contribution < -0.4 is 0 Å². The molecule has 11 rings (SSSR count). The molecule has 0 spiro atoms. The summed E-state index contributed by atoms with van der Waals surface area (Å²) in [5, 5.41) is 10.1. The Morgan fingerprint density at radius 2 is 0.958 bits per heavy atom. The van der Waals surface area contributed by atoms with Crippen LogP contribution in [0.5, 0.6) is 0 Å². The van der Waals surface area contributed by atoms with Crippen molar-refractivity contribution in [1.82, 2.24) is 18.9 Å². The molecule has 222 valence electrons. The lowest BCUT2D eigenvalue weighted by molar-refractivity contribution is 1.09. The van der Waals surface area contributed by atoms with E-state index in [1.165, 1.54) is 59.6 Å². The van der Waals surface area contributed by atoms with Crippen LogP contribution in [-0.2, 0) is 0 Å². The number of benzene rings is 7. The molecule has 4 aromatic heterocycles. The van der Waals surface area contributed by atoms with Crippen LogP contribution in [-0.4, -0.2) is 18.9 Å². The molecule has 0 unspecified atom stereocenters. The molecule has 0 saturated heterocycles. The highest BCUT2D eigenvalue weighted by atomic mass is 15.0. The highest BCUT2D eigenvalue weighted by molar-refractivity contribution is 6.31. The predicted octanol–water partition coefficient (Wildman–Crippen LogP) is 11.2. The monoisotopic (exact) mass is 610 g/mol. The van der Waals surface area contributed by atoms with E-state index >= 15 is 0 Å². The zero-order valence-corrected chi connectivity index (χ0v) is 25.8. The molecular formula is C44H26N4. The van der Waals surface area contributed by atoms with Crippen LogP contribution in [0.25, 0.3) is 99.0 Å². The Kier molecular flexibility index (Phi) is 5.08. The topological polar surface area (TPSA) is 35.1 Å². The van der Waals surface area contributed by atoms with E-state index in [-0.39, 0.29) is 0 Å². The average molecular weight is 611 g/mol. The van der Waals surface area contributed by atoms with E-state index in [1.54, 1.807) is 0 Å². The van der Waals surface area contributed by atoms with Crippen molar-refractivity contribution in [2.24, 2.45) is 0 Å². The summed E-state index contributed by atoms with van der Waals surface area (Å²) in [5.41, 5.74) is 9.98. The van der Waals surface area contributed by atoms with Gasteiger partial charge in [0, 0.05) is 48.8 Å². The molecule has 4 heteroatoms. The van der Waals surface area contributed by atoms with Gasteiger partial charge >= 0.3 is 0 Å². The molecule has 0 fully saturated rings. The van der Waals surface area contributed by atoms with Crippen LogP contribution in [0.3, 0.4) is 0 Å². The Hall–Kier alpha value is -6.52. The fourth-order valence-corrected chi connectivity index (χ4v) is 8.12. The molecule has 0 aliphatic carbocycles. The Balaban J connectivity index is 1.27. The first-order chi connectivity index (χ1) is 23.8. The van der Waals surface area contributed by atoms with Crippen LogP contribution in [0.4, 0.5) is 0 Å². The highest BCUT2D eigenvalue weighted by Gasteiger charge is 2.23. The summed E-state index contributed by atoms with van der Waals surface area (Å²) in [5.74, 6) is 0.713. The molecule has 4 nitrogen and oxygen atoms in total. The minimum absolute atomic E-state index is 0.713. The molecule has 0 aliphatic rings. The quantitative estimate of drug-likeness (QED) is 0.199. The number of aromatic nitrogens is 4. The van der Waals surface area contributed by atoms with Gasteiger partial charge in [0.05, 0.1) is 45.2 Å². The summed E-state index contributed by atoms with van der Waals surface area (Å²) in [4.78, 5) is 10.2. The van der Waals surface area contributed by atoms with Crippen molar-refractivity contribution >= 4 is 70.7 Å². The Morgan fingerprint density at radius 3 is 1.75 bits per heavy atom. The number of para-hydroxylation sites is 3. The van der Waals surface area contributed by atoms with Crippen molar-refractivity contribution in [3.63, 3.8) is 0 Å². The SMILES string of the molecule is c1ccc(-c2ncc(-n3c4ccccc4c4c5ccc6c7cccc8c9ccccc9n(c6c5ccc43)c87)c(-c3ccccc3)n2)cc1. The van der Waals surface area contributed by atoms with E-state index in [2.05, 4.69) is 136 Å². The molecule has 0 saturated carbocycles. The second-order valence-corrected chi connectivity index (χ2v) is 12.6. The van der Waals surface area contributed by atoms with Gasteiger partial charge in [0.15, 0.2) is 5.82 Å². The lowest BCUT2D eigenvalue weighted by Gasteiger charge is -2.14. The zero-order valence-electron chi connectivity index (χ0n) is 25.8. The van der Waals surface area contributed by atoms with Crippen molar-refractivity contribution < 1.29 is 0 Å². The van der Waals surface area contributed by atoms with Gasteiger partial charge in [0.1, 0.15) is 0 Å². The van der Waals surface area contributed by atoms with E-state index in [9.17, 15) is 0 Å².